The number of halogens is 5. The summed E-state index contributed by atoms with van der Waals surface area (Å²) in [5, 5.41) is 8.77. The van der Waals surface area contributed by atoms with Crippen LogP contribution in [0.3, 0.4) is 0 Å². The van der Waals surface area contributed by atoms with Gasteiger partial charge in [-0.1, -0.05) is 0 Å². The van der Waals surface area contributed by atoms with Crippen molar-refractivity contribution >= 4 is 5.97 Å². The number of rotatable bonds is 3. The smallest absolute Gasteiger partial charge is 0.434 e. The molecule has 0 aliphatic carbocycles. The highest BCUT2D eigenvalue weighted by Crippen LogP contribution is 2.35. The number of alkyl halides is 5. The Morgan fingerprint density at radius 1 is 1.50 bits per heavy atom. The lowest BCUT2D eigenvalue weighted by Crippen LogP contribution is -2.17. The number of hydrogen-bond acceptors (Lipinski definition) is 4. The fourth-order valence-electron chi connectivity index (χ4n) is 1.49. The number of carbonyl (C=O) groups excluding carboxylic acids is 1. The molecule has 1 heterocycles. The van der Waals surface area contributed by atoms with Gasteiger partial charge < -0.3 is 4.74 Å². The molecule has 0 aliphatic heterocycles. The highest BCUT2D eigenvalue weighted by Gasteiger charge is 2.38. The summed E-state index contributed by atoms with van der Waals surface area (Å²) in [5.74, 6) is -1.04. The summed E-state index contributed by atoms with van der Waals surface area (Å²) < 4.78 is 67.7. The van der Waals surface area contributed by atoms with E-state index < -0.39 is 47.4 Å². The summed E-state index contributed by atoms with van der Waals surface area (Å²) in [6, 6.07) is 1.17. The number of aromatic nitrogens is 1. The molecular weight excluding hydrogens is 287 g/mol. The standard InChI is InChI=1S/C11H7F5N2O2/c1-20-8(19)2-5-6(3-17)9(11(14,15)16)18-4-7(5)10(12)13/h4,10H,2H2,1H3. The minimum atomic E-state index is -4.99. The molecule has 0 amide bonds. The lowest BCUT2D eigenvalue weighted by Gasteiger charge is -2.14. The Labute approximate surface area is 109 Å². The van der Waals surface area contributed by atoms with Crippen LogP contribution in [0.15, 0.2) is 6.20 Å². The van der Waals surface area contributed by atoms with Crippen molar-refractivity contribution in [2.45, 2.75) is 19.0 Å². The maximum atomic E-state index is 12.7. The molecule has 108 valence electrons. The van der Waals surface area contributed by atoms with E-state index >= 15 is 0 Å². The van der Waals surface area contributed by atoms with Crippen LogP contribution in [0.5, 0.6) is 0 Å². The van der Waals surface area contributed by atoms with Crippen LogP contribution in [0.4, 0.5) is 22.0 Å². The summed E-state index contributed by atoms with van der Waals surface area (Å²) in [5.41, 5.74) is -4.33. The van der Waals surface area contributed by atoms with Gasteiger partial charge in [-0.3, -0.25) is 4.79 Å². The Kier molecular flexibility index (Phi) is 4.60. The van der Waals surface area contributed by atoms with Crippen molar-refractivity contribution in [3.8, 4) is 6.07 Å². The topological polar surface area (TPSA) is 63.0 Å². The van der Waals surface area contributed by atoms with Crippen molar-refractivity contribution in [3.05, 3.63) is 28.6 Å². The second-order valence-corrected chi connectivity index (χ2v) is 3.58. The molecule has 1 rings (SSSR count). The highest BCUT2D eigenvalue weighted by molar-refractivity contribution is 5.74. The third-order valence-corrected chi connectivity index (χ3v) is 2.38. The van der Waals surface area contributed by atoms with Gasteiger partial charge in [0, 0.05) is 11.8 Å². The molecule has 0 saturated heterocycles. The third-order valence-electron chi connectivity index (χ3n) is 2.38. The molecule has 1 aromatic rings. The maximum absolute atomic E-state index is 12.7. The molecule has 0 radical (unpaired) electrons. The summed E-state index contributed by atoms with van der Waals surface area (Å²) >= 11 is 0. The second-order valence-electron chi connectivity index (χ2n) is 3.58. The number of ether oxygens (including phenoxy) is 1. The predicted molar refractivity (Wildman–Crippen MR) is 54.6 cm³/mol. The van der Waals surface area contributed by atoms with Gasteiger partial charge in [-0.25, -0.2) is 13.8 Å². The van der Waals surface area contributed by atoms with Crippen LogP contribution in [-0.4, -0.2) is 18.1 Å². The average Bonchev–Trinajstić information content (AvgIpc) is 2.36. The van der Waals surface area contributed by atoms with Gasteiger partial charge in [-0.05, 0) is 5.56 Å². The quantitative estimate of drug-likeness (QED) is 0.635. The second kappa shape index (κ2) is 5.81. The van der Waals surface area contributed by atoms with E-state index in [1.807, 2.05) is 0 Å². The predicted octanol–water partition coefficient (Wildman–Crippen LogP) is 2.63. The van der Waals surface area contributed by atoms with Crippen molar-refractivity contribution in [2.24, 2.45) is 0 Å². The van der Waals surface area contributed by atoms with Gasteiger partial charge in [0.15, 0.2) is 5.69 Å². The van der Waals surface area contributed by atoms with Crippen molar-refractivity contribution in [2.75, 3.05) is 7.11 Å². The largest absolute Gasteiger partial charge is 0.469 e. The number of carbonyl (C=O) groups is 1. The van der Waals surface area contributed by atoms with Crippen LogP contribution in [0.25, 0.3) is 0 Å². The molecule has 0 N–H and O–H groups in total. The first kappa shape index (κ1) is 15.8. The number of nitriles is 1. The van der Waals surface area contributed by atoms with Crippen molar-refractivity contribution in [3.63, 3.8) is 0 Å². The molecule has 20 heavy (non-hydrogen) atoms. The molecule has 0 bridgehead atoms. The van der Waals surface area contributed by atoms with E-state index in [0.717, 1.165) is 7.11 Å². The molecule has 9 heteroatoms. The van der Waals surface area contributed by atoms with Crippen LogP contribution < -0.4 is 0 Å². The van der Waals surface area contributed by atoms with Gasteiger partial charge >= 0.3 is 12.1 Å². The first-order valence-corrected chi connectivity index (χ1v) is 5.06. The SMILES string of the molecule is COC(=O)Cc1c(C(F)F)cnc(C(F)(F)F)c1C#N. The van der Waals surface area contributed by atoms with Crippen LogP contribution in [-0.2, 0) is 22.1 Å². The van der Waals surface area contributed by atoms with Crippen LogP contribution in [0.1, 0.15) is 28.8 Å². The fourth-order valence-corrected chi connectivity index (χ4v) is 1.49. The van der Waals surface area contributed by atoms with Crippen molar-refractivity contribution in [1.82, 2.24) is 4.98 Å². The van der Waals surface area contributed by atoms with E-state index in [9.17, 15) is 26.7 Å². The molecule has 0 fully saturated rings. The Morgan fingerprint density at radius 3 is 2.50 bits per heavy atom. The van der Waals surface area contributed by atoms with Crippen molar-refractivity contribution < 1.29 is 31.5 Å². The molecule has 0 atom stereocenters. The molecule has 4 nitrogen and oxygen atoms in total. The zero-order valence-corrected chi connectivity index (χ0v) is 9.96. The van der Waals surface area contributed by atoms with E-state index in [1.165, 1.54) is 6.07 Å². The van der Waals surface area contributed by atoms with Crippen LogP contribution in [0, 0.1) is 11.3 Å². The fraction of sp³-hybridized carbons (Fsp3) is 0.364. The lowest BCUT2D eigenvalue weighted by atomic mass is 9.99. The van der Waals surface area contributed by atoms with E-state index in [4.69, 9.17) is 5.26 Å². The van der Waals surface area contributed by atoms with Crippen LogP contribution in [0.2, 0.25) is 0 Å². The molecule has 0 aromatic carbocycles. The third kappa shape index (κ3) is 3.20. The molecular formula is C11H7F5N2O2. The summed E-state index contributed by atoms with van der Waals surface area (Å²) in [6.45, 7) is 0. The van der Waals surface area contributed by atoms with E-state index in [0.29, 0.717) is 6.20 Å². The zero-order chi connectivity index (χ0) is 15.5. The van der Waals surface area contributed by atoms with Gasteiger partial charge in [0.1, 0.15) is 6.07 Å². The van der Waals surface area contributed by atoms with Crippen LogP contribution >= 0.6 is 0 Å². The normalized spacial score (nSPS) is 11.3. The highest BCUT2D eigenvalue weighted by atomic mass is 19.4. The number of methoxy groups -OCH3 is 1. The Bertz CT molecular complexity index is 563. The van der Waals surface area contributed by atoms with E-state index in [2.05, 4.69) is 9.72 Å². The summed E-state index contributed by atoms with van der Waals surface area (Å²) in [4.78, 5) is 14.0. The van der Waals surface area contributed by atoms with Gasteiger partial charge in [0.25, 0.3) is 6.43 Å². The number of esters is 1. The van der Waals surface area contributed by atoms with Gasteiger partial charge in [0.2, 0.25) is 0 Å². The maximum Gasteiger partial charge on any atom is 0.434 e. The number of nitrogens with zero attached hydrogens (tertiary/aromatic N) is 2. The van der Waals surface area contributed by atoms with Gasteiger partial charge in [0.05, 0.1) is 19.1 Å². The molecule has 0 spiro atoms. The van der Waals surface area contributed by atoms with E-state index in [1.54, 1.807) is 0 Å². The summed E-state index contributed by atoms with van der Waals surface area (Å²) in [6.07, 6.45) is -8.72. The average molecular weight is 294 g/mol. The van der Waals surface area contributed by atoms with E-state index in [-0.39, 0.29) is 0 Å². The Hall–Kier alpha value is -2.24. The minimum absolute atomic E-state index is 0.312. The minimum Gasteiger partial charge on any atom is -0.469 e. The lowest BCUT2D eigenvalue weighted by molar-refractivity contribution is -0.142. The first-order chi connectivity index (χ1) is 9.22. The Morgan fingerprint density at radius 2 is 2.10 bits per heavy atom. The molecule has 0 saturated carbocycles. The molecule has 1 aromatic heterocycles. The van der Waals surface area contributed by atoms with Crippen molar-refractivity contribution in [1.29, 1.82) is 5.26 Å². The number of hydrogen-bond donors (Lipinski definition) is 0. The monoisotopic (exact) mass is 294 g/mol. The zero-order valence-electron chi connectivity index (χ0n) is 9.96. The van der Waals surface area contributed by atoms with Gasteiger partial charge in [-0.15, -0.1) is 0 Å². The number of pyridine rings is 1. The summed E-state index contributed by atoms with van der Waals surface area (Å²) in [7, 11) is 0.947. The molecule has 0 aliphatic rings. The first-order valence-electron chi connectivity index (χ1n) is 5.06. The molecule has 0 unspecified atom stereocenters. The van der Waals surface area contributed by atoms with Gasteiger partial charge in [-0.2, -0.15) is 18.4 Å². The Balaban J connectivity index is 3.56.